The normalized spacial score (nSPS) is 13.5. The molecule has 1 unspecified atom stereocenters. The molecule has 0 spiro atoms. The lowest BCUT2D eigenvalue weighted by molar-refractivity contribution is 0.0934. The number of carbonyl (C=O) groups is 1. The van der Waals surface area contributed by atoms with Crippen molar-refractivity contribution in [1.82, 2.24) is 10.3 Å². The third kappa shape index (κ3) is 3.53. The van der Waals surface area contributed by atoms with E-state index in [1.165, 1.54) is 0 Å². The molecule has 23 heavy (non-hydrogen) atoms. The van der Waals surface area contributed by atoms with Crippen LogP contribution in [0.25, 0.3) is 0 Å². The quantitative estimate of drug-likeness (QED) is 0.887. The molecule has 0 saturated heterocycles. The van der Waals surface area contributed by atoms with Crippen LogP contribution in [0.5, 0.6) is 11.5 Å². The van der Waals surface area contributed by atoms with Crippen LogP contribution in [0.4, 0.5) is 11.4 Å². The summed E-state index contributed by atoms with van der Waals surface area (Å²) < 4.78 is 10.6. The Kier molecular flexibility index (Phi) is 4.32. The molecule has 0 fully saturated rings. The molecule has 6 heteroatoms. The van der Waals surface area contributed by atoms with Gasteiger partial charge < -0.3 is 20.1 Å². The number of hydrogen-bond donors (Lipinski definition) is 2. The molecule has 1 amide bonds. The Morgan fingerprint density at radius 1 is 1.22 bits per heavy atom. The summed E-state index contributed by atoms with van der Waals surface area (Å²) in [5.41, 5.74) is 2.03. The zero-order chi connectivity index (χ0) is 16.2. The number of aromatic nitrogens is 1. The smallest absolute Gasteiger partial charge is 0.270 e. The first-order valence-corrected chi connectivity index (χ1v) is 7.59. The summed E-state index contributed by atoms with van der Waals surface area (Å²) in [6.45, 7) is 4.23. The van der Waals surface area contributed by atoms with Crippen molar-refractivity contribution in [3.8, 4) is 11.5 Å². The number of nitrogens with zero attached hydrogens (tertiary/aromatic N) is 1. The number of pyridine rings is 1. The summed E-state index contributed by atoms with van der Waals surface area (Å²) in [7, 11) is 0. The summed E-state index contributed by atoms with van der Waals surface area (Å²) >= 11 is 0. The second-order valence-corrected chi connectivity index (χ2v) is 5.41. The van der Waals surface area contributed by atoms with E-state index >= 15 is 0 Å². The number of nitrogens with one attached hydrogen (secondary N) is 2. The van der Waals surface area contributed by atoms with E-state index in [0.29, 0.717) is 11.4 Å². The van der Waals surface area contributed by atoms with Gasteiger partial charge in [-0.05, 0) is 37.6 Å². The van der Waals surface area contributed by atoms with Crippen LogP contribution in [-0.4, -0.2) is 23.7 Å². The lowest BCUT2D eigenvalue weighted by atomic mass is 10.2. The van der Waals surface area contributed by atoms with Crippen LogP contribution in [0.1, 0.15) is 30.8 Å². The van der Waals surface area contributed by atoms with Gasteiger partial charge >= 0.3 is 0 Å². The highest BCUT2D eigenvalue weighted by atomic mass is 16.7. The highest BCUT2D eigenvalue weighted by Gasteiger charge is 2.14. The van der Waals surface area contributed by atoms with E-state index in [1.54, 1.807) is 12.3 Å². The molecule has 3 rings (SSSR count). The van der Waals surface area contributed by atoms with E-state index in [9.17, 15) is 4.79 Å². The molecule has 2 aromatic rings. The molecule has 1 atom stereocenters. The topological polar surface area (TPSA) is 72.5 Å². The van der Waals surface area contributed by atoms with E-state index in [-0.39, 0.29) is 18.7 Å². The van der Waals surface area contributed by atoms with Crippen LogP contribution in [0.3, 0.4) is 0 Å². The molecule has 0 bridgehead atoms. The molecule has 1 aromatic heterocycles. The summed E-state index contributed by atoms with van der Waals surface area (Å²) in [5.74, 6) is 1.27. The zero-order valence-corrected chi connectivity index (χ0v) is 13.1. The molecule has 120 valence electrons. The molecular formula is C17H19N3O3. The van der Waals surface area contributed by atoms with Crippen molar-refractivity contribution in [1.29, 1.82) is 0 Å². The molecule has 0 aliphatic carbocycles. The largest absolute Gasteiger partial charge is 0.454 e. The van der Waals surface area contributed by atoms with Gasteiger partial charge in [-0.3, -0.25) is 9.78 Å². The molecule has 1 aromatic carbocycles. The number of carbonyl (C=O) groups excluding carboxylic acids is 1. The van der Waals surface area contributed by atoms with Crippen molar-refractivity contribution in [2.45, 2.75) is 26.3 Å². The standard InChI is InChI=1S/C17H19N3O3/c1-3-11(2)19-17(21)14-8-13(6-7-18-14)20-12-4-5-15-16(9-12)23-10-22-15/h4-9,11H,3,10H2,1-2H3,(H,18,20)(H,19,21). The molecule has 1 aliphatic rings. The molecule has 1 aliphatic heterocycles. The Labute approximate surface area is 134 Å². The van der Waals surface area contributed by atoms with Crippen molar-refractivity contribution in [2.24, 2.45) is 0 Å². The minimum absolute atomic E-state index is 0.120. The van der Waals surface area contributed by atoms with Gasteiger partial charge in [0.2, 0.25) is 6.79 Å². The van der Waals surface area contributed by atoms with Gasteiger partial charge in [0.15, 0.2) is 11.5 Å². The average Bonchev–Trinajstić information content (AvgIpc) is 3.02. The third-order valence-corrected chi connectivity index (χ3v) is 3.64. The maximum absolute atomic E-state index is 12.1. The van der Waals surface area contributed by atoms with Gasteiger partial charge in [0.25, 0.3) is 5.91 Å². The van der Waals surface area contributed by atoms with Crippen molar-refractivity contribution >= 4 is 17.3 Å². The molecule has 6 nitrogen and oxygen atoms in total. The number of hydrogen-bond acceptors (Lipinski definition) is 5. The second kappa shape index (κ2) is 6.56. The van der Waals surface area contributed by atoms with Gasteiger partial charge in [-0.15, -0.1) is 0 Å². The zero-order valence-electron chi connectivity index (χ0n) is 13.1. The second-order valence-electron chi connectivity index (χ2n) is 5.41. The first-order valence-electron chi connectivity index (χ1n) is 7.59. The monoisotopic (exact) mass is 313 g/mol. The summed E-state index contributed by atoms with van der Waals surface area (Å²) in [4.78, 5) is 16.3. The maximum Gasteiger partial charge on any atom is 0.270 e. The predicted octanol–water partition coefficient (Wildman–Crippen LogP) is 3.08. The fraction of sp³-hybridized carbons (Fsp3) is 0.294. The summed E-state index contributed by atoms with van der Waals surface area (Å²) in [6, 6.07) is 9.26. The molecule has 2 N–H and O–H groups in total. The van der Waals surface area contributed by atoms with Crippen LogP contribution in [0, 0.1) is 0 Å². The SMILES string of the molecule is CCC(C)NC(=O)c1cc(Nc2ccc3c(c2)OCO3)ccn1. The van der Waals surface area contributed by atoms with E-state index in [0.717, 1.165) is 23.5 Å². The third-order valence-electron chi connectivity index (χ3n) is 3.64. The first-order chi connectivity index (χ1) is 11.2. The van der Waals surface area contributed by atoms with E-state index in [4.69, 9.17) is 9.47 Å². The number of benzene rings is 1. The number of rotatable bonds is 5. The number of amides is 1. The number of fused-ring (bicyclic) bond motifs is 1. The predicted molar refractivity (Wildman–Crippen MR) is 87.3 cm³/mol. The van der Waals surface area contributed by atoms with Gasteiger partial charge in [-0.1, -0.05) is 6.92 Å². The van der Waals surface area contributed by atoms with Crippen LogP contribution >= 0.6 is 0 Å². The Balaban J connectivity index is 1.73. The van der Waals surface area contributed by atoms with Gasteiger partial charge in [0.1, 0.15) is 5.69 Å². The molecule has 0 radical (unpaired) electrons. The Morgan fingerprint density at radius 2 is 2.00 bits per heavy atom. The lowest BCUT2D eigenvalue weighted by Gasteiger charge is -2.12. The Morgan fingerprint density at radius 3 is 2.83 bits per heavy atom. The van der Waals surface area contributed by atoms with E-state index in [1.807, 2.05) is 38.1 Å². The van der Waals surface area contributed by atoms with Crippen molar-refractivity contribution in [3.63, 3.8) is 0 Å². The van der Waals surface area contributed by atoms with Gasteiger partial charge in [0, 0.05) is 29.7 Å². The minimum atomic E-state index is -0.173. The molecule has 2 heterocycles. The minimum Gasteiger partial charge on any atom is -0.454 e. The van der Waals surface area contributed by atoms with Crippen LogP contribution in [-0.2, 0) is 0 Å². The molecule has 0 saturated carbocycles. The fourth-order valence-electron chi connectivity index (χ4n) is 2.17. The maximum atomic E-state index is 12.1. The van der Waals surface area contributed by atoms with E-state index < -0.39 is 0 Å². The summed E-state index contributed by atoms with van der Waals surface area (Å²) in [6.07, 6.45) is 2.49. The highest BCUT2D eigenvalue weighted by molar-refractivity contribution is 5.93. The van der Waals surface area contributed by atoms with Crippen molar-refractivity contribution in [2.75, 3.05) is 12.1 Å². The number of ether oxygens (including phenoxy) is 2. The van der Waals surface area contributed by atoms with Gasteiger partial charge in [0.05, 0.1) is 0 Å². The average molecular weight is 313 g/mol. The van der Waals surface area contributed by atoms with Crippen LogP contribution in [0.15, 0.2) is 36.5 Å². The lowest BCUT2D eigenvalue weighted by Crippen LogP contribution is -2.32. The summed E-state index contributed by atoms with van der Waals surface area (Å²) in [5, 5.41) is 6.15. The van der Waals surface area contributed by atoms with Crippen LogP contribution < -0.4 is 20.1 Å². The molecular weight excluding hydrogens is 294 g/mol. The van der Waals surface area contributed by atoms with Gasteiger partial charge in [-0.2, -0.15) is 0 Å². The fourth-order valence-corrected chi connectivity index (χ4v) is 2.17. The van der Waals surface area contributed by atoms with Crippen LogP contribution in [0.2, 0.25) is 0 Å². The Bertz CT molecular complexity index is 718. The Hall–Kier alpha value is -2.76. The van der Waals surface area contributed by atoms with Crippen molar-refractivity contribution in [3.05, 3.63) is 42.2 Å². The van der Waals surface area contributed by atoms with E-state index in [2.05, 4.69) is 15.6 Å². The van der Waals surface area contributed by atoms with Gasteiger partial charge in [-0.25, -0.2) is 0 Å². The first kappa shape index (κ1) is 15.1. The highest BCUT2D eigenvalue weighted by Crippen LogP contribution is 2.35. The number of anilines is 2. The van der Waals surface area contributed by atoms with Crippen molar-refractivity contribution < 1.29 is 14.3 Å².